The van der Waals surface area contributed by atoms with Crippen LogP contribution in [0, 0.1) is 0 Å². The van der Waals surface area contributed by atoms with E-state index in [1.807, 2.05) is 48.5 Å². The number of hydrogen-bond donors (Lipinski definition) is 2. The normalized spacial score (nSPS) is 17.6. The molecule has 2 aromatic carbocycles. The molecular weight excluding hydrogens is 410 g/mol. The van der Waals surface area contributed by atoms with Crippen LogP contribution < -0.4 is 14.8 Å². The fourth-order valence-corrected chi connectivity index (χ4v) is 4.02. The van der Waals surface area contributed by atoms with Gasteiger partial charge in [0.15, 0.2) is 11.5 Å². The van der Waals surface area contributed by atoms with Crippen molar-refractivity contribution in [1.82, 2.24) is 15.1 Å². The summed E-state index contributed by atoms with van der Waals surface area (Å²) in [6, 6.07) is 14.4. The first kappa shape index (κ1) is 22.1. The molecule has 2 atom stereocenters. The lowest BCUT2D eigenvalue weighted by Gasteiger charge is -2.36. The first-order chi connectivity index (χ1) is 15.5. The zero-order chi connectivity index (χ0) is 22.5. The summed E-state index contributed by atoms with van der Waals surface area (Å²) >= 11 is 0. The third kappa shape index (κ3) is 5.03. The average molecular weight is 440 g/mol. The largest absolute Gasteiger partial charge is 0.454 e. The molecule has 8 nitrogen and oxygen atoms in total. The van der Waals surface area contributed by atoms with Crippen LogP contribution in [0.3, 0.4) is 0 Å². The minimum Gasteiger partial charge on any atom is -0.454 e. The van der Waals surface area contributed by atoms with Crippen LogP contribution in [0.15, 0.2) is 48.5 Å². The SMILES string of the molecule is CC(C(=O)N[C@@H](CO)C(=O)N1CCN(Cc2ccc3c(c2)OCO3)CC1)c1ccccc1. The van der Waals surface area contributed by atoms with E-state index < -0.39 is 18.6 Å². The molecule has 2 heterocycles. The Labute approximate surface area is 187 Å². The molecule has 1 unspecified atom stereocenters. The second-order valence-corrected chi connectivity index (χ2v) is 8.17. The fraction of sp³-hybridized carbons (Fsp3) is 0.417. The number of fused-ring (bicyclic) bond motifs is 1. The number of piperazine rings is 1. The van der Waals surface area contributed by atoms with Crippen molar-refractivity contribution < 1.29 is 24.2 Å². The first-order valence-corrected chi connectivity index (χ1v) is 10.9. The van der Waals surface area contributed by atoms with Crippen molar-refractivity contribution in [3.63, 3.8) is 0 Å². The van der Waals surface area contributed by atoms with Gasteiger partial charge in [0.2, 0.25) is 18.6 Å². The number of amides is 2. The second kappa shape index (κ2) is 10.0. The zero-order valence-corrected chi connectivity index (χ0v) is 18.2. The Hall–Kier alpha value is -3.10. The van der Waals surface area contributed by atoms with E-state index in [9.17, 15) is 14.7 Å². The van der Waals surface area contributed by atoms with Crippen molar-refractivity contribution in [3.8, 4) is 11.5 Å². The number of carbonyl (C=O) groups is 2. The number of ether oxygens (including phenoxy) is 2. The van der Waals surface area contributed by atoms with Crippen molar-refractivity contribution in [2.75, 3.05) is 39.6 Å². The molecule has 0 spiro atoms. The zero-order valence-electron chi connectivity index (χ0n) is 18.2. The summed E-state index contributed by atoms with van der Waals surface area (Å²) in [6.07, 6.45) is 0. The van der Waals surface area contributed by atoms with Crippen molar-refractivity contribution in [1.29, 1.82) is 0 Å². The highest BCUT2D eigenvalue weighted by molar-refractivity contribution is 5.90. The molecular formula is C24H29N3O5. The molecule has 1 fully saturated rings. The predicted molar refractivity (Wildman–Crippen MR) is 118 cm³/mol. The van der Waals surface area contributed by atoms with Gasteiger partial charge in [0.05, 0.1) is 12.5 Å². The molecule has 0 radical (unpaired) electrons. The molecule has 2 aliphatic heterocycles. The summed E-state index contributed by atoms with van der Waals surface area (Å²) in [5.41, 5.74) is 2.00. The van der Waals surface area contributed by atoms with E-state index in [4.69, 9.17) is 9.47 Å². The number of aliphatic hydroxyl groups is 1. The summed E-state index contributed by atoms with van der Waals surface area (Å²) in [7, 11) is 0. The number of rotatable bonds is 7. The molecule has 2 N–H and O–H groups in total. The summed E-state index contributed by atoms with van der Waals surface area (Å²) < 4.78 is 10.8. The van der Waals surface area contributed by atoms with Crippen molar-refractivity contribution in [2.24, 2.45) is 0 Å². The number of nitrogens with one attached hydrogen (secondary N) is 1. The second-order valence-electron chi connectivity index (χ2n) is 8.17. The third-order valence-corrected chi connectivity index (χ3v) is 6.02. The van der Waals surface area contributed by atoms with E-state index in [-0.39, 0.29) is 18.6 Å². The van der Waals surface area contributed by atoms with Crippen molar-refractivity contribution >= 4 is 11.8 Å². The Morgan fingerprint density at radius 3 is 2.47 bits per heavy atom. The molecule has 2 aliphatic rings. The molecule has 0 aromatic heterocycles. The van der Waals surface area contributed by atoms with Gasteiger partial charge in [0, 0.05) is 32.7 Å². The van der Waals surface area contributed by atoms with Gasteiger partial charge in [-0.25, -0.2) is 0 Å². The molecule has 32 heavy (non-hydrogen) atoms. The highest BCUT2D eigenvalue weighted by atomic mass is 16.7. The lowest BCUT2D eigenvalue weighted by Crippen LogP contribution is -2.56. The molecule has 170 valence electrons. The average Bonchev–Trinajstić information content (AvgIpc) is 3.30. The summed E-state index contributed by atoms with van der Waals surface area (Å²) in [6.45, 7) is 4.90. The molecule has 2 aromatic rings. The maximum atomic E-state index is 12.9. The number of carbonyl (C=O) groups excluding carboxylic acids is 2. The maximum absolute atomic E-state index is 12.9. The van der Waals surface area contributed by atoms with Crippen LogP contribution in [0.4, 0.5) is 0 Å². The van der Waals surface area contributed by atoms with Gasteiger partial charge in [0.25, 0.3) is 0 Å². The summed E-state index contributed by atoms with van der Waals surface area (Å²) in [5, 5.41) is 12.5. The summed E-state index contributed by atoms with van der Waals surface area (Å²) in [5.74, 6) is 0.607. The van der Waals surface area contributed by atoms with Gasteiger partial charge in [-0.1, -0.05) is 36.4 Å². The van der Waals surface area contributed by atoms with E-state index in [0.717, 1.165) is 29.2 Å². The molecule has 1 saturated heterocycles. The van der Waals surface area contributed by atoms with E-state index >= 15 is 0 Å². The number of benzene rings is 2. The van der Waals surface area contributed by atoms with Gasteiger partial charge < -0.3 is 24.8 Å². The Morgan fingerprint density at radius 2 is 1.75 bits per heavy atom. The smallest absolute Gasteiger partial charge is 0.247 e. The Balaban J connectivity index is 1.28. The van der Waals surface area contributed by atoms with E-state index in [1.165, 1.54) is 0 Å². The van der Waals surface area contributed by atoms with Gasteiger partial charge in [-0.05, 0) is 30.2 Å². The topological polar surface area (TPSA) is 91.3 Å². The third-order valence-electron chi connectivity index (χ3n) is 6.02. The fourth-order valence-electron chi connectivity index (χ4n) is 4.02. The number of nitrogens with zero attached hydrogens (tertiary/aromatic N) is 2. The molecule has 8 heteroatoms. The highest BCUT2D eigenvalue weighted by Gasteiger charge is 2.29. The summed E-state index contributed by atoms with van der Waals surface area (Å²) in [4.78, 5) is 29.5. The lowest BCUT2D eigenvalue weighted by molar-refractivity contribution is -0.139. The number of aliphatic hydroxyl groups excluding tert-OH is 1. The van der Waals surface area contributed by atoms with Crippen LogP contribution in [0.25, 0.3) is 0 Å². The standard InChI is InChI=1S/C24H29N3O5/c1-17(19-5-3-2-4-6-19)23(29)25-20(15-28)24(30)27-11-9-26(10-12-27)14-18-7-8-21-22(13-18)32-16-31-21/h2-8,13,17,20,28H,9-12,14-16H2,1H3,(H,25,29)/t17?,20-/m0/s1. The van der Waals surface area contributed by atoms with Crippen molar-refractivity contribution in [3.05, 3.63) is 59.7 Å². The van der Waals surface area contributed by atoms with Crippen LogP contribution in [-0.2, 0) is 16.1 Å². The van der Waals surface area contributed by atoms with Crippen LogP contribution in [0.5, 0.6) is 11.5 Å². The van der Waals surface area contributed by atoms with Gasteiger partial charge in [0.1, 0.15) is 6.04 Å². The Kier molecular flexibility index (Phi) is 6.92. The minimum absolute atomic E-state index is 0.246. The Morgan fingerprint density at radius 1 is 1.03 bits per heavy atom. The van der Waals surface area contributed by atoms with Gasteiger partial charge in [-0.2, -0.15) is 0 Å². The quantitative estimate of drug-likeness (QED) is 0.677. The molecule has 4 rings (SSSR count). The lowest BCUT2D eigenvalue weighted by atomic mass is 10.00. The van der Waals surface area contributed by atoms with Gasteiger partial charge >= 0.3 is 0 Å². The molecule has 0 aliphatic carbocycles. The molecule has 0 saturated carbocycles. The van der Waals surface area contributed by atoms with Crippen LogP contribution in [0.1, 0.15) is 24.0 Å². The van der Waals surface area contributed by atoms with Gasteiger partial charge in [-0.3, -0.25) is 14.5 Å². The van der Waals surface area contributed by atoms with Crippen LogP contribution in [0.2, 0.25) is 0 Å². The van der Waals surface area contributed by atoms with Crippen LogP contribution >= 0.6 is 0 Å². The highest BCUT2D eigenvalue weighted by Crippen LogP contribution is 2.32. The van der Waals surface area contributed by atoms with Crippen LogP contribution in [-0.4, -0.2) is 72.3 Å². The van der Waals surface area contributed by atoms with Crippen molar-refractivity contribution in [2.45, 2.75) is 25.4 Å². The van der Waals surface area contributed by atoms with E-state index in [1.54, 1.807) is 11.8 Å². The minimum atomic E-state index is -0.936. The monoisotopic (exact) mass is 439 g/mol. The Bertz CT molecular complexity index is 944. The molecule has 2 amide bonds. The van der Waals surface area contributed by atoms with Gasteiger partial charge in [-0.15, -0.1) is 0 Å². The maximum Gasteiger partial charge on any atom is 0.247 e. The van der Waals surface area contributed by atoms with E-state index in [0.29, 0.717) is 26.2 Å². The predicted octanol–water partition coefficient (Wildman–Crippen LogP) is 1.34. The first-order valence-electron chi connectivity index (χ1n) is 10.9. The number of hydrogen-bond acceptors (Lipinski definition) is 6. The van der Waals surface area contributed by atoms with E-state index in [2.05, 4.69) is 10.2 Å². The molecule has 0 bridgehead atoms.